The van der Waals surface area contributed by atoms with Crippen LogP contribution in [0.15, 0.2) is 30.3 Å². The van der Waals surface area contributed by atoms with E-state index in [9.17, 15) is 0 Å². The van der Waals surface area contributed by atoms with E-state index in [-0.39, 0.29) is 0 Å². The van der Waals surface area contributed by atoms with Crippen LogP contribution in [0.1, 0.15) is 38.7 Å². The molecule has 0 spiro atoms. The molecule has 1 aliphatic heterocycles. The average molecular weight is 246 g/mol. The predicted octanol–water partition coefficient (Wildman–Crippen LogP) is 3.04. The number of nitrogens with zero attached hydrogens (tertiary/aromatic N) is 1. The molecule has 0 bridgehead atoms. The molecule has 1 unspecified atom stereocenters. The van der Waals surface area contributed by atoms with Crippen molar-refractivity contribution in [1.82, 2.24) is 10.2 Å². The van der Waals surface area contributed by atoms with Crippen molar-refractivity contribution < 1.29 is 0 Å². The molecule has 1 aromatic carbocycles. The second-order valence-corrected chi connectivity index (χ2v) is 5.66. The van der Waals surface area contributed by atoms with Crippen LogP contribution < -0.4 is 5.32 Å². The first-order chi connectivity index (χ1) is 8.75. The molecule has 1 N–H and O–H groups in total. The molecule has 0 amide bonds. The summed E-state index contributed by atoms with van der Waals surface area (Å²) in [6, 6.07) is 12.1. The Hall–Kier alpha value is -0.860. The molecule has 1 heterocycles. The number of hydrogen-bond acceptors (Lipinski definition) is 2. The highest BCUT2D eigenvalue weighted by Crippen LogP contribution is 2.13. The number of rotatable bonds is 5. The smallest absolute Gasteiger partial charge is 0.0237 e. The minimum absolute atomic E-state index is 0.605. The fourth-order valence-corrected chi connectivity index (χ4v) is 2.64. The zero-order chi connectivity index (χ0) is 12.8. The van der Waals surface area contributed by atoms with Gasteiger partial charge >= 0.3 is 0 Å². The van der Waals surface area contributed by atoms with Gasteiger partial charge in [-0.05, 0) is 38.8 Å². The first-order valence-electron chi connectivity index (χ1n) is 7.27. The van der Waals surface area contributed by atoms with Crippen molar-refractivity contribution in [3.8, 4) is 0 Å². The Labute approximate surface area is 111 Å². The first-order valence-corrected chi connectivity index (χ1v) is 7.27. The molecule has 1 fully saturated rings. The molecule has 0 radical (unpaired) electrons. The van der Waals surface area contributed by atoms with Gasteiger partial charge in [0.1, 0.15) is 0 Å². The van der Waals surface area contributed by atoms with Crippen LogP contribution in [0, 0.1) is 0 Å². The second kappa shape index (κ2) is 6.91. The Bertz CT molecular complexity index is 328. The fourth-order valence-electron chi connectivity index (χ4n) is 2.64. The number of hydrogen-bond donors (Lipinski definition) is 1. The lowest BCUT2D eigenvalue weighted by Crippen LogP contribution is -2.45. The molecule has 1 aromatic rings. The predicted molar refractivity (Wildman–Crippen MR) is 77.6 cm³/mol. The second-order valence-electron chi connectivity index (χ2n) is 5.66. The Morgan fingerprint density at radius 2 is 2.00 bits per heavy atom. The van der Waals surface area contributed by atoms with Crippen LogP contribution >= 0.6 is 0 Å². The maximum atomic E-state index is 3.65. The van der Waals surface area contributed by atoms with Crippen LogP contribution in [0.5, 0.6) is 0 Å². The molecular formula is C16H26N2. The van der Waals surface area contributed by atoms with Gasteiger partial charge in [0.05, 0.1) is 0 Å². The summed E-state index contributed by atoms with van der Waals surface area (Å²) in [7, 11) is 0. The van der Waals surface area contributed by atoms with Crippen molar-refractivity contribution in [2.24, 2.45) is 0 Å². The average Bonchev–Trinajstić information content (AvgIpc) is 2.40. The van der Waals surface area contributed by atoms with Crippen LogP contribution in [0.25, 0.3) is 0 Å². The highest BCUT2D eigenvalue weighted by atomic mass is 15.2. The van der Waals surface area contributed by atoms with Crippen molar-refractivity contribution in [3.63, 3.8) is 0 Å². The van der Waals surface area contributed by atoms with E-state index >= 15 is 0 Å². The fraction of sp³-hybridized carbons (Fsp3) is 0.625. The summed E-state index contributed by atoms with van der Waals surface area (Å²) in [4.78, 5) is 2.58. The molecule has 1 atom stereocenters. The summed E-state index contributed by atoms with van der Waals surface area (Å²) >= 11 is 0. The van der Waals surface area contributed by atoms with Crippen LogP contribution in [0.4, 0.5) is 0 Å². The Morgan fingerprint density at radius 1 is 1.22 bits per heavy atom. The Morgan fingerprint density at radius 3 is 2.61 bits per heavy atom. The van der Waals surface area contributed by atoms with E-state index in [4.69, 9.17) is 0 Å². The van der Waals surface area contributed by atoms with E-state index in [1.807, 2.05) is 0 Å². The van der Waals surface area contributed by atoms with Crippen molar-refractivity contribution in [1.29, 1.82) is 0 Å². The van der Waals surface area contributed by atoms with Gasteiger partial charge in [-0.2, -0.15) is 0 Å². The maximum absolute atomic E-state index is 3.65. The first kappa shape index (κ1) is 13.6. The Balaban J connectivity index is 1.91. The quantitative estimate of drug-likeness (QED) is 0.859. The standard InChI is InChI=1S/C16H26N2/c1-14(2)18(12-15-8-4-3-5-9-15)13-16-10-6-7-11-17-16/h3-5,8-9,14,16-17H,6-7,10-13H2,1-2H3. The molecule has 2 heteroatoms. The third kappa shape index (κ3) is 4.11. The molecule has 0 aliphatic carbocycles. The van der Waals surface area contributed by atoms with Crippen molar-refractivity contribution in [2.45, 2.75) is 51.7 Å². The molecule has 2 rings (SSSR count). The third-order valence-corrected chi connectivity index (χ3v) is 3.83. The molecule has 2 nitrogen and oxygen atoms in total. The van der Waals surface area contributed by atoms with Crippen molar-refractivity contribution in [2.75, 3.05) is 13.1 Å². The van der Waals surface area contributed by atoms with E-state index in [0.29, 0.717) is 12.1 Å². The van der Waals surface area contributed by atoms with Gasteiger partial charge in [0.2, 0.25) is 0 Å². The van der Waals surface area contributed by atoms with E-state index in [1.165, 1.54) is 37.9 Å². The van der Waals surface area contributed by atoms with E-state index in [1.54, 1.807) is 0 Å². The van der Waals surface area contributed by atoms with Gasteiger partial charge in [0.15, 0.2) is 0 Å². The Kier molecular flexibility index (Phi) is 5.21. The largest absolute Gasteiger partial charge is 0.313 e. The summed E-state index contributed by atoms with van der Waals surface area (Å²) in [5.74, 6) is 0. The summed E-state index contributed by atoms with van der Waals surface area (Å²) in [5, 5.41) is 3.65. The summed E-state index contributed by atoms with van der Waals surface area (Å²) in [6.07, 6.45) is 4.06. The van der Waals surface area contributed by atoms with Gasteiger partial charge in [-0.25, -0.2) is 0 Å². The number of nitrogens with one attached hydrogen (secondary N) is 1. The van der Waals surface area contributed by atoms with Gasteiger partial charge < -0.3 is 5.32 Å². The lowest BCUT2D eigenvalue weighted by atomic mass is 10.0. The minimum Gasteiger partial charge on any atom is -0.313 e. The van der Waals surface area contributed by atoms with Gasteiger partial charge in [-0.1, -0.05) is 36.8 Å². The molecule has 0 aromatic heterocycles. The lowest BCUT2D eigenvalue weighted by molar-refractivity contribution is 0.177. The topological polar surface area (TPSA) is 15.3 Å². The van der Waals surface area contributed by atoms with Gasteiger partial charge in [0.25, 0.3) is 0 Å². The van der Waals surface area contributed by atoms with E-state index in [0.717, 1.165) is 6.54 Å². The molecule has 1 saturated heterocycles. The summed E-state index contributed by atoms with van der Waals surface area (Å²) < 4.78 is 0. The normalized spacial score (nSPS) is 20.6. The highest BCUT2D eigenvalue weighted by Gasteiger charge is 2.18. The summed E-state index contributed by atoms with van der Waals surface area (Å²) in [5.41, 5.74) is 1.42. The lowest BCUT2D eigenvalue weighted by Gasteiger charge is -2.33. The van der Waals surface area contributed by atoms with Crippen LogP contribution in [-0.4, -0.2) is 30.1 Å². The highest BCUT2D eigenvalue weighted by molar-refractivity contribution is 5.14. The maximum Gasteiger partial charge on any atom is 0.0237 e. The van der Waals surface area contributed by atoms with Crippen molar-refractivity contribution in [3.05, 3.63) is 35.9 Å². The SMILES string of the molecule is CC(C)N(Cc1ccccc1)CC1CCCCN1. The zero-order valence-electron chi connectivity index (χ0n) is 11.7. The van der Waals surface area contributed by atoms with Gasteiger partial charge in [-0.3, -0.25) is 4.90 Å². The number of benzene rings is 1. The zero-order valence-corrected chi connectivity index (χ0v) is 11.7. The minimum atomic E-state index is 0.605. The van der Waals surface area contributed by atoms with E-state index < -0.39 is 0 Å². The molecule has 18 heavy (non-hydrogen) atoms. The van der Waals surface area contributed by atoms with Crippen LogP contribution in [0.2, 0.25) is 0 Å². The van der Waals surface area contributed by atoms with Crippen molar-refractivity contribution >= 4 is 0 Å². The molecular weight excluding hydrogens is 220 g/mol. The molecule has 0 saturated carbocycles. The van der Waals surface area contributed by atoms with Gasteiger partial charge in [0, 0.05) is 25.2 Å². The van der Waals surface area contributed by atoms with E-state index in [2.05, 4.69) is 54.4 Å². The third-order valence-electron chi connectivity index (χ3n) is 3.83. The monoisotopic (exact) mass is 246 g/mol. The molecule has 1 aliphatic rings. The van der Waals surface area contributed by atoms with Crippen LogP contribution in [-0.2, 0) is 6.54 Å². The number of piperidine rings is 1. The summed E-state index contributed by atoms with van der Waals surface area (Å²) in [6.45, 7) is 8.03. The molecule has 100 valence electrons. The van der Waals surface area contributed by atoms with Gasteiger partial charge in [-0.15, -0.1) is 0 Å². The van der Waals surface area contributed by atoms with Crippen LogP contribution in [0.3, 0.4) is 0 Å².